The number of rotatable bonds is 3. The van der Waals surface area contributed by atoms with E-state index in [0.717, 1.165) is 0 Å². The predicted octanol–water partition coefficient (Wildman–Crippen LogP) is 3.91. The highest BCUT2D eigenvalue weighted by Gasteiger charge is 2.57. The Labute approximate surface area is 165 Å². The van der Waals surface area contributed by atoms with Crippen LogP contribution in [-0.2, 0) is 0 Å². The summed E-state index contributed by atoms with van der Waals surface area (Å²) in [5, 5.41) is 14.1. The first-order chi connectivity index (χ1) is 13.6. The number of anilines is 1. The first-order valence-corrected chi connectivity index (χ1v) is 8.81. The lowest BCUT2D eigenvalue weighted by Crippen LogP contribution is -2.47. The number of alkyl halides is 5. The lowest BCUT2D eigenvalue weighted by Gasteiger charge is -2.26. The topological polar surface area (TPSA) is 67.1 Å². The third kappa shape index (κ3) is 3.38. The Balaban J connectivity index is 1.78. The highest BCUT2D eigenvalue weighted by atomic mass is 35.5. The molecule has 1 saturated heterocycles. The second-order valence-corrected chi connectivity index (χ2v) is 7.04. The Kier molecular flexibility index (Phi) is 4.61. The van der Waals surface area contributed by atoms with Crippen LogP contribution in [0.4, 0.5) is 27.8 Å². The molecule has 4 rings (SSSR count). The van der Waals surface area contributed by atoms with Crippen molar-refractivity contribution in [2.75, 3.05) is 18.0 Å². The number of β-amino-alcohol motifs (C(OH)–C–C–N with tert-alkyl or cyclic N) is 1. The number of hydrogen-bond donors (Lipinski definition) is 1. The van der Waals surface area contributed by atoms with E-state index in [1.165, 1.54) is 40.0 Å². The number of aromatic nitrogens is 4. The van der Waals surface area contributed by atoms with Crippen LogP contribution < -0.4 is 4.90 Å². The molecule has 1 aliphatic rings. The van der Waals surface area contributed by atoms with Crippen LogP contribution in [-0.4, -0.2) is 49.7 Å². The summed E-state index contributed by atoms with van der Waals surface area (Å²) in [5.41, 5.74) is -2.65. The molecule has 0 saturated carbocycles. The molecule has 0 amide bonds. The van der Waals surface area contributed by atoms with Gasteiger partial charge in [-0.25, -0.2) is 13.5 Å². The van der Waals surface area contributed by atoms with Crippen LogP contribution in [0.25, 0.3) is 16.7 Å². The average Bonchev–Trinajstić information content (AvgIpc) is 3.25. The summed E-state index contributed by atoms with van der Waals surface area (Å²) in [6, 6.07) is 5.45. The van der Waals surface area contributed by atoms with Gasteiger partial charge in [0.25, 0.3) is 6.43 Å². The predicted molar refractivity (Wildman–Crippen MR) is 94.5 cm³/mol. The van der Waals surface area contributed by atoms with E-state index < -0.39 is 31.2 Å². The first-order valence-electron chi connectivity index (χ1n) is 8.43. The second kappa shape index (κ2) is 6.77. The van der Waals surface area contributed by atoms with Crippen LogP contribution in [0.1, 0.15) is 18.4 Å². The maximum Gasteiger partial charge on any atom is 0.418 e. The Morgan fingerprint density at radius 1 is 1.21 bits per heavy atom. The standard InChI is InChI=1S/C17H13ClF5N5O/c18-15-25-13(27-5-4-16(29,8-27)17(21,22)23)11-7-24-28(14(11)26-15)10-3-1-2-9(6-10)12(19)20/h1-3,6-7,12,29H,4-5,8H2. The van der Waals surface area contributed by atoms with Crippen molar-refractivity contribution >= 4 is 28.5 Å². The van der Waals surface area contributed by atoms with Gasteiger partial charge < -0.3 is 10.0 Å². The van der Waals surface area contributed by atoms with E-state index in [1.807, 2.05) is 0 Å². The van der Waals surface area contributed by atoms with Gasteiger partial charge in [-0.2, -0.15) is 28.2 Å². The smallest absolute Gasteiger partial charge is 0.379 e. The number of aliphatic hydroxyl groups is 1. The molecule has 0 spiro atoms. The Bertz CT molecular complexity index is 1070. The molecular formula is C17H13ClF5N5O. The van der Waals surface area contributed by atoms with E-state index in [9.17, 15) is 27.1 Å². The van der Waals surface area contributed by atoms with E-state index in [2.05, 4.69) is 15.1 Å². The molecule has 0 bridgehead atoms. The number of halogens is 6. The molecular weight excluding hydrogens is 421 g/mol. The quantitative estimate of drug-likeness (QED) is 0.501. The van der Waals surface area contributed by atoms with Crippen molar-refractivity contribution < 1.29 is 27.1 Å². The molecule has 0 radical (unpaired) electrons. The number of hydrogen-bond acceptors (Lipinski definition) is 5. The highest BCUT2D eigenvalue weighted by Crippen LogP contribution is 2.40. The summed E-state index contributed by atoms with van der Waals surface area (Å²) in [6.45, 7) is -0.824. The maximum absolute atomic E-state index is 13.1. The molecule has 2 aromatic heterocycles. The molecule has 1 fully saturated rings. The molecule has 12 heteroatoms. The fourth-order valence-electron chi connectivity index (χ4n) is 3.30. The van der Waals surface area contributed by atoms with Crippen LogP contribution in [0.5, 0.6) is 0 Å². The molecule has 1 unspecified atom stereocenters. The number of fused-ring (bicyclic) bond motifs is 1. The molecule has 0 aliphatic carbocycles. The number of nitrogens with zero attached hydrogens (tertiary/aromatic N) is 5. The zero-order valence-corrected chi connectivity index (χ0v) is 15.3. The van der Waals surface area contributed by atoms with Crippen LogP contribution in [0.15, 0.2) is 30.5 Å². The molecule has 1 aliphatic heterocycles. The van der Waals surface area contributed by atoms with Crippen LogP contribution >= 0.6 is 11.6 Å². The van der Waals surface area contributed by atoms with E-state index in [4.69, 9.17) is 11.6 Å². The zero-order chi connectivity index (χ0) is 21.0. The fourth-order valence-corrected chi connectivity index (χ4v) is 3.46. The molecule has 154 valence electrons. The zero-order valence-electron chi connectivity index (χ0n) is 14.5. The lowest BCUT2D eigenvalue weighted by atomic mass is 10.0. The Morgan fingerprint density at radius 3 is 2.62 bits per heavy atom. The van der Waals surface area contributed by atoms with Gasteiger partial charge in [0.2, 0.25) is 5.28 Å². The van der Waals surface area contributed by atoms with Gasteiger partial charge in [-0.15, -0.1) is 0 Å². The maximum atomic E-state index is 13.1. The van der Waals surface area contributed by atoms with Gasteiger partial charge in [-0.1, -0.05) is 12.1 Å². The third-order valence-electron chi connectivity index (χ3n) is 4.82. The van der Waals surface area contributed by atoms with E-state index in [1.54, 1.807) is 0 Å². The SMILES string of the molecule is OC1(C(F)(F)F)CCN(c2nc(Cl)nc3c2cnn3-c2cccc(C(F)F)c2)C1. The van der Waals surface area contributed by atoms with Gasteiger partial charge in [0, 0.05) is 18.5 Å². The minimum atomic E-state index is -4.79. The molecule has 3 heterocycles. The van der Waals surface area contributed by atoms with Crippen molar-refractivity contribution in [3.63, 3.8) is 0 Å². The van der Waals surface area contributed by atoms with E-state index >= 15 is 0 Å². The van der Waals surface area contributed by atoms with Crippen LogP contribution in [0, 0.1) is 0 Å². The van der Waals surface area contributed by atoms with Crippen molar-refractivity contribution in [1.82, 2.24) is 19.7 Å². The fraction of sp³-hybridized carbons (Fsp3) is 0.353. The molecule has 29 heavy (non-hydrogen) atoms. The van der Waals surface area contributed by atoms with Crippen molar-refractivity contribution in [2.45, 2.75) is 24.6 Å². The molecule has 1 aromatic carbocycles. The van der Waals surface area contributed by atoms with Gasteiger partial charge in [-0.3, -0.25) is 0 Å². The monoisotopic (exact) mass is 433 g/mol. The molecule has 6 nitrogen and oxygen atoms in total. The third-order valence-corrected chi connectivity index (χ3v) is 4.99. The normalized spacial score (nSPS) is 20.2. The summed E-state index contributed by atoms with van der Waals surface area (Å²) in [6.07, 6.45) is -6.68. The van der Waals surface area contributed by atoms with E-state index in [0.29, 0.717) is 0 Å². The molecule has 3 aromatic rings. The summed E-state index contributed by atoms with van der Waals surface area (Å²) in [4.78, 5) is 9.33. The minimum absolute atomic E-state index is 0.0800. The second-order valence-electron chi connectivity index (χ2n) is 6.71. The molecule has 1 N–H and O–H groups in total. The minimum Gasteiger partial charge on any atom is -0.379 e. The van der Waals surface area contributed by atoms with Crippen molar-refractivity contribution in [1.29, 1.82) is 0 Å². The lowest BCUT2D eigenvalue weighted by molar-refractivity contribution is -0.250. The van der Waals surface area contributed by atoms with Crippen LogP contribution in [0.3, 0.4) is 0 Å². The Hall–Kier alpha value is -2.53. The van der Waals surface area contributed by atoms with Crippen molar-refractivity contribution in [2.24, 2.45) is 0 Å². The van der Waals surface area contributed by atoms with Gasteiger partial charge in [0.1, 0.15) is 5.82 Å². The van der Waals surface area contributed by atoms with Gasteiger partial charge in [0.15, 0.2) is 11.2 Å². The first kappa shape index (κ1) is 19.8. The summed E-state index contributed by atoms with van der Waals surface area (Å²) in [7, 11) is 0. The highest BCUT2D eigenvalue weighted by molar-refractivity contribution is 6.28. The van der Waals surface area contributed by atoms with Gasteiger partial charge >= 0.3 is 6.18 Å². The van der Waals surface area contributed by atoms with E-state index in [-0.39, 0.29) is 39.9 Å². The van der Waals surface area contributed by atoms with Crippen molar-refractivity contribution in [3.8, 4) is 5.69 Å². The summed E-state index contributed by atoms with van der Waals surface area (Å²) in [5.74, 6) is 0.0800. The summed E-state index contributed by atoms with van der Waals surface area (Å²) >= 11 is 5.97. The largest absolute Gasteiger partial charge is 0.418 e. The van der Waals surface area contributed by atoms with Crippen LogP contribution in [0.2, 0.25) is 5.28 Å². The molecule has 1 atom stereocenters. The Morgan fingerprint density at radius 2 is 1.97 bits per heavy atom. The summed E-state index contributed by atoms with van der Waals surface area (Å²) < 4.78 is 66.7. The van der Waals surface area contributed by atoms with Crippen molar-refractivity contribution in [3.05, 3.63) is 41.3 Å². The average molecular weight is 434 g/mol. The number of benzene rings is 1. The van der Waals surface area contributed by atoms with Gasteiger partial charge in [-0.05, 0) is 23.7 Å². The van der Waals surface area contributed by atoms with Gasteiger partial charge in [0.05, 0.1) is 23.8 Å².